The molecule has 1 aliphatic carbocycles. The summed E-state index contributed by atoms with van der Waals surface area (Å²) < 4.78 is 11.2. The summed E-state index contributed by atoms with van der Waals surface area (Å²) in [5.74, 6) is 0.556. The van der Waals surface area contributed by atoms with Crippen molar-refractivity contribution < 1.29 is 13.9 Å². The van der Waals surface area contributed by atoms with Gasteiger partial charge < -0.3 is 14.5 Å². The van der Waals surface area contributed by atoms with Gasteiger partial charge in [0.25, 0.3) is 5.91 Å². The third kappa shape index (κ3) is 3.60. The van der Waals surface area contributed by atoms with Crippen LogP contribution in [0.4, 0.5) is 0 Å². The molecule has 2 aromatic heterocycles. The molecule has 0 aliphatic heterocycles. The van der Waals surface area contributed by atoms with Gasteiger partial charge in [0.05, 0.1) is 6.26 Å². The molecule has 1 aliphatic rings. The summed E-state index contributed by atoms with van der Waals surface area (Å²) in [4.78, 5) is 16.7. The first kappa shape index (κ1) is 17.8. The fourth-order valence-corrected chi connectivity index (χ4v) is 3.45. The van der Waals surface area contributed by atoms with Crippen molar-refractivity contribution in [1.29, 1.82) is 5.26 Å². The van der Waals surface area contributed by atoms with Gasteiger partial charge >= 0.3 is 0 Å². The highest BCUT2D eigenvalue weighted by Crippen LogP contribution is 2.37. The standard InChI is InChI=1S/C22H19N3O3/c23-12-18-16-8-4-9-17(16)21(19-10-5-11-27-19)25-22(18)28-14-20(26)24-13-15-6-2-1-3-7-15/h1-3,5-7,10-11H,4,8-9,13-14H2,(H,24,26). The van der Waals surface area contributed by atoms with E-state index in [0.717, 1.165) is 36.0 Å². The van der Waals surface area contributed by atoms with Crippen LogP contribution in [-0.2, 0) is 24.2 Å². The van der Waals surface area contributed by atoms with E-state index < -0.39 is 0 Å². The van der Waals surface area contributed by atoms with E-state index in [9.17, 15) is 10.1 Å². The minimum Gasteiger partial charge on any atom is -0.467 e. The fourth-order valence-electron chi connectivity index (χ4n) is 3.45. The number of benzene rings is 1. The van der Waals surface area contributed by atoms with Crippen LogP contribution in [0.25, 0.3) is 11.5 Å². The molecule has 0 saturated carbocycles. The van der Waals surface area contributed by atoms with Gasteiger partial charge in [-0.15, -0.1) is 0 Å². The quantitative estimate of drug-likeness (QED) is 0.715. The number of nitriles is 1. The van der Waals surface area contributed by atoms with Crippen LogP contribution < -0.4 is 10.1 Å². The Morgan fingerprint density at radius 1 is 1.18 bits per heavy atom. The highest BCUT2D eigenvalue weighted by Gasteiger charge is 2.26. The van der Waals surface area contributed by atoms with Crippen LogP contribution in [0.15, 0.2) is 53.1 Å². The van der Waals surface area contributed by atoms with Gasteiger partial charge in [-0.2, -0.15) is 5.26 Å². The molecular formula is C22H19N3O3. The molecule has 1 aromatic carbocycles. The number of carbonyl (C=O) groups is 1. The molecule has 1 N–H and O–H groups in total. The Balaban J connectivity index is 1.52. The Morgan fingerprint density at radius 2 is 2.00 bits per heavy atom. The molecule has 2 heterocycles. The van der Waals surface area contributed by atoms with Crippen molar-refractivity contribution in [3.05, 3.63) is 71.0 Å². The van der Waals surface area contributed by atoms with E-state index in [-0.39, 0.29) is 18.4 Å². The second-order valence-electron chi connectivity index (χ2n) is 6.59. The number of ether oxygens (including phenoxy) is 1. The van der Waals surface area contributed by atoms with Gasteiger partial charge in [-0.3, -0.25) is 4.79 Å². The van der Waals surface area contributed by atoms with Gasteiger partial charge in [0.15, 0.2) is 12.4 Å². The van der Waals surface area contributed by atoms with Crippen LogP contribution in [0, 0.1) is 11.3 Å². The van der Waals surface area contributed by atoms with E-state index in [2.05, 4.69) is 16.4 Å². The topological polar surface area (TPSA) is 88.1 Å². The van der Waals surface area contributed by atoms with Gasteiger partial charge in [0.1, 0.15) is 17.3 Å². The van der Waals surface area contributed by atoms with Crippen molar-refractivity contribution in [2.75, 3.05) is 6.61 Å². The highest BCUT2D eigenvalue weighted by molar-refractivity contribution is 5.77. The van der Waals surface area contributed by atoms with E-state index in [1.807, 2.05) is 36.4 Å². The van der Waals surface area contributed by atoms with E-state index in [4.69, 9.17) is 9.15 Å². The van der Waals surface area contributed by atoms with Crippen molar-refractivity contribution >= 4 is 5.91 Å². The molecule has 0 fully saturated rings. The van der Waals surface area contributed by atoms with Crippen molar-refractivity contribution in [2.24, 2.45) is 0 Å². The van der Waals surface area contributed by atoms with Gasteiger partial charge in [0, 0.05) is 6.54 Å². The summed E-state index contributed by atoms with van der Waals surface area (Å²) in [7, 11) is 0. The second kappa shape index (κ2) is 7.97. The average Bonchev–Trinajstić information content (AvgIpc) is 3.42. The Morgan fingerprint density at radius 3 is 2.75 bits per heavy atom. The van der Waals surface area contributed by atoms with Gasteiger partial charge in [-0.1, -0.05) is 30.3 Å². The van der Waals surface area contributed by atoms with Crippen LogP contribution in [0.1, 0.15) is 28.7 Å². The van der Waals surface area contributed by atoms with E-state index >= 15 is 0 Å². The zero-order valence-electron chi connectivity index (χ0n) is 15.3. The fraction of sp³-hybridized carbons (Fsp3) is 0.227. The van der Waals surface area contributed by atoms with Crippen molar-refractivity contribution in [3.8, 4) is 23.4 Å². The highest BCUT2D eigenvalue weighted by atomic mass is 16.5. The number of nitrogens with one attached hydrogen (secondary N) is 1. The van der Waals surface area contributed by atoms with Gasteiger partial charge in [0.2, 0.25) is 5.88 Å². The first-order chi connectivity index (χ1) is 13.8. The smallest absolute Gasteiger partial charge is 0.258 e. The maximum Gasteiger partial charge on any atom is 0.258 e. The molecule has 28 heavy (non-hydrogen) atoms. The van der Waals surface area contributed by atoms with Crippen LogP contribution in [0.2, 0.25) is 0 Å². The summed E-state index contributed by atoms with van der Waals surface area (Å²) in [5, 5.41) is 12.4. The van der Waals surface area contributed by atoms with Crippen LogP contribution in [-0.4, -0.2) is 17.5 Å². The van der Waals surface area contributed by atoms with Crippen molar-refractivity contribution in [3.63, 3.8) is 0 Å². The zero-order chi connectivity index (χ0) is 19.3. The predicted molar refractivity (Wildman–Crippen MR) is 102 cm³/mol. The third-order valence-corrected chi connectivity index (χ3v) is 4.77. The number of carbonyl (C=O) groups excluding carboxylic acids is 1. The SMILES string of the molecule is N#Cc1c(OCC(=O)NCc2ccccc2)nc(-c2ccco2)c2c1CCC2. The molecule has 1 amide bonds. The summed E-state index contributed by atoms with van der Waals surface area (Å²) >= 11 is 0. The lowest BCUT2D eigenvalue weighted by atomic mass is 10.0. The van der Waals surface area contributed by atoms with Gasteiger partial charge in [-0.05, 0) is 48.1 Å². The molecule has 0 atom stereocenters. The number of pyridine rings is 1. The number of furan rings is 1. The lowest BCUT2D eigenvalue weighted by molar-refractivity contribution is -0.123. The molecule has 6 heteroatoms. The first-order valence-electron chi connectivity index (χ1n) is 9.19. The molecule has 3 aromatic rings. The molecule has 0 saturated heterocycles. The summed E-state index contributed by atoms with van der Waals surface area (Å²) in [6.07, 6.45) is 4.20. The molecule has 0 unspecified atom stereocenters. The van der Waals surface area contributed by atoms with E-state index in [1.165, 1.54) is 0 Å². The first-order valence-corrected chi connectivity index (χ1v) is 9.19. The molecule has 140 valence electrons. The lowest BCUT2D eigenvalue weighted by Crippen LogP contribution is -2.28. The number of hydrogen-bond donors (Lipinski definition) is 1. The molecule has 0 radical (unpaired) electrons. The minimum atomic E-state index is -0.269. The summed E-state index contributed by atoms with van der Waals surface area (Å²) in [5.41, 5.74) is 4.09. The van der Waals surface area contributed by atoms with Gasteiger partial charge in [-0.25, -0.2) is 4.98 Å². The molecule has 0 spiro atoms. The average molecular weight is 373 g/mol. The van der Waals surface area contributed by atoms with E-state index in [1.54, 1.807) is 12.3 Å². The predicted octanol–water partition coefficient (Wildman–Crippen LogP) is 3.40. The maximum absolute atomic E-state index is 12.2. The normalized spacial score (nSPS) is 12.2. The largest absolute Gasteiger partial charge is 0.467 e. The summed E-state index contributed by atoms with van der Waals surface area (Å²) in [6, 6.07) is 15.5. The van der Waals surface area contributed by atoms with Crippen LogP contribution in [0.5, 0.6) is 5.88 Å². The number of rotatable bonds is 6. The Bertz CT molecular complexity index is 1020. The number of aromatic nitrogens is 1. The maximum atomic E-state index is 12.2. The third-order valence-electron chi connectivity index (χ3n) is 4.77. The molecule has 4 rings (SSSR count). The molecule has 6 nitrogen and oxygen atoms in total. The second-order valence-corrected chi connectivity index (χ2v) is 6.59. The zero-order valence-corrected chi connectivity index (χ0v) is 15.3. The number of hydrogen-bond acceptors (Lipinski definition) is 5. The Labute approximate surface area is 162 Å². The molecular weight excluding hydrogens is 354 g/mol. The van der Waals surface area contributed by atoms with Crippen molar-refractivity contribution in [2.45, 2.75) is 25.8 Å². The number of amides is 1. The number of fused-ring (bicyclic) bond motifs is 1. The van der Waals surface area contributed by atoms with Crippen LogP contribution in [0.3, 0.4) is 0 Å². The Hall–Kier alpha value is -3.59. The molecule has 0 bridgehead atoms. The minimum absolute atomic E-state index is 0.185. The Kier molecular flexibility index (Phi) is 5.07. The van der Waals surface area contributed by atoms with E-state index in [0.29, 0.717) is 23.6 Å². The summed E-state index contributed by atoms with van der Waals surface area (Å²) in [6.45, 7) is 0.217. The monoisotopic (exact) mass is 373 g/mol. The number of nitrogens with zero attached hydrogens (tertiary/aromatic N) is 2. The lowest BCUT2D eigenvalue weighted by Gasteiger charge is -2.13. The van der Waals surface area contributed by atoms with Crippen LogP contribution >= 0.6 is 0 Å². The van der Waals surface area contributed by atoms with Crippen molar-refractivity contribution in [1.82, 2.24) is 10.3 Å².